The quantitative estimate of drug-likeness (QED) is 0.863. The molecule has 20 heavy (non-hydrogen) atoms. The van der Waals surface area contributed by atoms with Crippen molar-refractivity contribution in [2.75, 3.05) is 4.90 Å². The summed E-state index contributed by atoms with van der Waals surface area (Å²) in [6, 6.07) is 14.8. The van der Waals surface area contributed by atoms with Gasteiger partial charge in [0.1, 0.15) is 6.04 Å². The standard InChI is InChI=1S/C16H15ClN2O/c1-10-2-4-11(5-3-10)15-14(18)16(20)19(15)13-8-6-12(17)7-9-13/h2-9,14-15H,18H2,1H3/t14-,15+/m0/s1. The third-order valence-corrected chi connectivity index (χ3v) is 3.92. The molecule has 1 aliphatic rings. The molecule has 2 atom stereocenters. The largest absolute Gasteiger partial charge is 0.318 e. The molecule has 0 aromatic heterocycles. The number of carbonyl (C=O) groups excluding carboxylic acids is 1. The summed E-state index contributed by atoms with van der Waals surface area (Å²) in [5, 5.41) is 0.651. The van der Waals surface area contributed by atoms with Gasteiger partial charge in [-0.05, 0) is 36.8 Å². The summed E-state index contributed by atoms with van der Waals surface area (Å²) in [6.45, 7) is 2.03. The summed E-state index contributed by atoms with van der Waals surface area (Å²) in [7, 11) is 0. The molecule has 0 unspecified atom stereocenters. The van der Waals surface area contributed by atoms with E-state index in [4.69, 9.17) is 17.3 Å². The van der Waals surface area contributed by atoms with Crippen LogP contribution in [0.25, 0.3) is 0 Å². The number of carbonyl (C=O) groups is 1. The van der Waals surface area contributed by atoms with Crippen LogP contribution in [0.5, 0.6) is 0 Å². The van der Waals surface area contributed by atoms with E-state index in [2.05, 4.69) is 0 Å². The Morgan fingerprint density at radius 1 is 1.05 bits per heavy atom. The monoisotopic (exact) mass is 286 g/mol. The van der Waals surface area contributed by atoms with Crippen LogP contribution in [0, 0.1) is 6.92 Å². The molecule has 4 heteroatoms. The minimum atomic E-state index is -0.478. The van der Waals surface area contributed by atoms with Crippen LogP contribution in [0.1, 0.15) is 17.2 Å². The second-order valence-corrected chi connectivity index (χ2v) is 5.50. The molecular formula is C16H15ClN2O. The Kier molecular flexibility index (Phi) is 3.24. The van der Waals surface area contributed by atoms with Gasteiger partial charge in [0.25, 0.3) is 0 Å². The summed E-state index contributed by atoms with van der Waals surface area (Å²) in [4.78, 5) is 13.8. The molecule has 1 amide bonds. The number of anilines is 1. The number of nitrogens with two attached hydrogens (primary N) is 1. The molecule has 0 spiro atoms. The van der Waals surface area contributed by atoms with Gasteiger partial charge in [-0.2, -0.15) is 0 Å². The van der Waals surface area contributed by atoms with Crippen molar-refractivity contribution in [3.8, 4) is 0 Å². The molecule has 3 rings (SSSR count). The van der Waals surface area contributed by atoms with Crippen molar-refractivity contribution in [2.24, 2.45) is 5.73 Å². The molecule has 102 valence electrons. The lowest BCUT2D eigenvalue weighted by molar-refractivity contribution is -0.126. The van der Waals surface area contributed by atoms with Crippen LogP contribution in [0.2, 0.25) is 5.02 Å². The van der Waals surface area contributed by atoms with Crippen LogP contribution >= 0.6 is 11.6 Å². The second kappa shape index (κ2) is 4.93. The maximum atomic E-state index is 12.1. The summed E-state index contributed by atoms with van der Waals surface area (Å²) >= 11 is 5.89. The fraction of sp³-hybridized carbons (Fsp3) is 0.188. The van der Waals surface area contributed by atoms with Crippen molar-refractivity contribution in [3.05, 3.63) is 64.7 Å². The molecule has 0 saturated carbocycles. The van der Waals surface area contributed by atoms with Gasteiger partial charge in [0, 0.05) is 10.7 Å². The van der Waals surface area contributed by atoms with Crippen LogP contribution in [0.15, 0.2) is 48.5 Å². The molecule has 2 aromatic rings. The fourth-order valence-electron chi connectivity index (χ4n) is 2.52. The summed E-state index contributed by atoms with van der Waals surface area (Å²) in [5.41, 5.74) is 9.04. The second-order valence-electron chi connectivity index (χ2n) is 5.07. The minimum absolute atomic E-state index is 0.0575. The Labute approximate surface area is 123 Å². The molecule has 0 bridgehead atoms. The van der Waals surface area contributed by atoms with Gasteiger partial charge in [-0.1, -0.05) is 41.4 Å². The van der Waals surface area contributed by atoms with E-state index in [-0.39, 0.29) is 11.9 Å². The maximum Gasteiger partial charge on any atom is 0.247 e. The number of halogens is 1. The van der Waals surface area contributed by atoms with Crippen LogP contribution in [0.4, 0.5) is 5.69 Å². The minimum Gasteiger partial charge on any atom is -0.318 e. The van der Waals surface area contributed by atoms with E-state index < -0.39 is 6.04 Å². The Balaban J connectivity index is 1.95. The molecule has 1 heterocycles. The molecule has 2 N–H and O–H groups in total. The van der Waals surface area contributed by atoms with Crippen LogP contribution in [0.3, 0.4) is 0 Å². The summed E-state index contributed by atoms with van der Waals surface area (Å²) < 4.78 is 0. The first kappa shape index (κ1) is 13.2. The Morgan fingerprint density at radius 3 is 2.25 bits per heavy atom. The van der Waals surface area contributed by atoms with Crippen molar-refractivity contribution in [2.45, 2.75) is 19.0 Å². The van der Waals surface area contributed by atoms with Crippen molar-refractivity contribution >= 4 is 23.2 Å². The highest BCUT2D eigenvalue weighted by molar-refractivity contribution is 6.30. The predicted molar refractivity (Wildman–Crippen MR) is 80.8 cm³/mol. The molecule has 1 aliphatic heterocycles. The van der Waals surface area contributed by atoms with Gasteiger partial charge >= 0.3 is 0 Å². The number of hydrogen-bond acceptors (Lipinski definition) is 2. The van der Waals surface area contributed by atoms with Gasteiger partial charge in [-0.15, -0.1) is 0 Å². The molecule has 1 fully saturated rings. The first-order valence-electron chi connectivity index (χ1n) is 6.49. The van der Waals surface area contributed by atoms with Gasteiger partial charge < -0.3 is 10.6 Å². The van der Waals surface area contributed by atoms with E-state index in [1.165, 1.54) is 5.56 Å². The normalized spacial score (nSPS) is 21.8. The number of β-lactam (4-membered cyclic amide) rings is 1. The number of hydrogen-bond donors (Lipinski definition) is 1. The zero-order valence-electron chi connectivity index (χ0n) is 11.1. The van der Waals surface area contributed by atoms with Crippen LogP contribution in [-0.4, -0.2) is 11.9 Å². The number of nitrogens with zero attached hydrogens (tertiary/aromatic N) is 1. The van der Waals surface area contributed by atoms with Gasteiger partial charge in [-0.25, -0.2) is 0 Å². The lowest BCUT2D eigenvalue weighted by atomic mass is 9.88. The lowest BCUT2D eigenvalue weighted by Crippen LogP contribution is -2.63. The molecule has 0 aliphatic carbocycles. The molecule has 2 aromatic carbocycles. The van der Waals surface area contributed by atoms with Crippen LogP contribution < -0.4 is 10.6 Å². The lowest BCUT2D eigenvalue weighted by Gasteiger charge is -2.45. The Hall–Kier alpha value is -1.84. The molecule has 1 saturated heterocycles. The van der Waals surface area contributed by atoms with E-state index in [0.29, 0.717) is 5.02 Å². The van der Waals surface area contributed by atoms with Gasteiger partial charge in [0.05, 0.1) is 6.04 Å². The van der Waals surface area contributed by atoms with E-state index in [1.54, 1.807) is 17.0 Å². The highest BCUT2D eigenvalue weighted by atomic mass is 35.5. The highest BCUT2D eigenvalue weighted by Crippen LogP contribution is 2.38. The van der Waals surface area contributed by atoms with Gasteiger partial charge in [-0.3, -0.25) is 4.79 Å². The van der Waals surface area contributed by atoms with E-state index >= 15 is 0 Å². The molecular weight excluding hydrogens is 272 g/mol. The maximum absolute atomic E-state index is 12.1. The summed E-state index contributed by atoms with van der Waals surface area (Å²) in [5.74, 6) is -0.0575. The van der Waals surface area contributed by atoms with E-state index in [9.17, 15) is 4.79 Å². The highest BCUT2D eigenvalue weighted by Gasteiger charge is 2.46. The average Bonchev–Trinajstić information content (AvgIpc) is 2.46. The third kappa shape index (κ3) is 2.09. The molecule has 0 radical (unpaired) electrons. The number of rotatable bonds is 2. The number of aryl methyl sites for hydroxylation is 1. The van der Waals surface area contributed by atoms with Crippen LogP contribution in [-0.2, 0) is 4.79 Å². The topological polar surface area (TPSA) is 46.3 Å². The van der Waals surface area contributed by atoms with E-state index in [1.807, 2.05) is 43.3 Å². The number of benzene rings is 2. The smallest absolute Gasteiger partial charge is 0.247 e. The Bertz CT molecular complexity index is 637. The molecule has 3 nitrogen and oxygen atoms in total. The predicted octanol–water partition coefficient (Wildman–Crippen LogP) is 3.06. The first-order chi connectivity index (χ1) is 9.58. The average molecular weight is 287 g/mol. The van der Waals surface area contributed by atoms with Gasteiger partial charge in [0.2, 0.25) is 5.91 Å². The summed E-state index contributed by atoms with van der Waals surface area (Å²) in [6.07, 6.45) is 0. The SMILES string of the molecule is Cc1ccc([C@@H]2[C@H](N)C(=O)N2c2ccc(Cl)cc2)cc1. The van der Waals surface area contributed by atoms with Gasteiger partial charge in [0.15, 0.2) is 0 Å². The zero-order chi connectivity index (χ0) is 14.3. The zero-order valence-corrected chi connectivity index (χ0v) is 11.8. The van der Waals surface area contributed by atoms with Crippen molar-refractivity contribution < 1.29 is 4.79 Å². The number of amides is 1. The van der Waals surface area contributed by atoms with E-state index in [0.717, 1.165) is 11.3 Å². The third-order valence-electron chi connectivity index (χ3n) is 3.66. The Morgan fingerprint density at radius 2 is 1.65 bits per heavy atom. The first-order valence-corrected chi connectivity index (χ1v) is 6.86. The van der Waals surface area contributed by atoms with Crippen molar-refractivity contribution in [1.82, 2.24) is 0 Å². The fourth-order valence-corrected chi connectivity index (χ4v) is 2.65. The van der Waals surface area contributed by atoms with Crippen molar-refractivity contribution in [1.29, 1.82) is 0 Å². The van der Waals surface area contributed by atoms with Crippen molar-refractivity contribution in [3.63, 3.8) is 0 Å².